The molecule has 0 fully saturated rings. The second-order valence-electron chi connectivity index (χ2n) is 6.96. The predicted molar refractivity (Wildman–Crippen MR) is 109 cm³/mol. The molecule has 4 rings (SSSR count). The topological polar surface area (TPSA) is 131 Å². The Kier molecular flexibility index (Phi) is 4.60. The summed E-state index contributed by atoms with van der Waals surface area (Å²) in [5, 5.41) is 24.9. The summed E-state index contributed by atoms with van der Waals surface area (Å²) in [5.74, 6) is 0.307. The number of nitrogens with two attached hydrogens (primary N) is 1. The third kappa shape index (κ3) is 3.20. The van der Waals surface area contributed by atoms with E-state index in [1.807, 2.05) is 37.2 Å². The van der Waals surface area contributed by atoms with Gasteiger partial charge in [-0.3, -0.25) is 10.1 Å². The Balaban J connectivity index is 1.80. The normalized spacial score (nSPS) is 15.2. The zero-order chi connectivity index (χ0) is 21.4. The molecule has 30 heavy (non-hydrogen) atoms. The molecule has 9 nitrogen and oxygen atoms in total. The van der Waals surface area contributed by atoms with Gasteiger partial charge in [0.25, 0.3) is 5.69 Å². The fourth-order valence-corrected chi connectivity index (χ4v) is 3.36. The number of nitro benzene ring substituents is 1. The molecule has 2 aromatic carbocycles. The summed E-state index contributed by atoms with van der Waals surface area (Å²) in [6, 6.07) is 15.4. The average molecular weight is 403 g/mol. The first kappa shape index (κ1) is 19.0. The Hall–Kier alpha value is -4.32. The van der Waals surface area contributed by atoms with Gasteiger partial charge in [0.05, 0.1) is 16.5 Å². The van der Waals surface area contributed by atoms with Gasteiger partial charge in [-0.05, 0) is 6.07 Å². The van der Waals surface area contributed by atoms with Crippen LogP contribution < -0.4 is 15.4 Å². The van der Waals surface area contributed by atoms with Crippen molar-refractivity contribution in [1.29, 1.82) is 5.26 Å². The van der Waals surface area contributed by atoms with E-state index in [0.717, 1.165) is 11.3 Å². The van der Waals surface area contributed by atoms with Gasteiger partial charge < -0.3 is 19.9 Å². The lowest BCUT2D eigenvalue weighted by atomic mass is 9.86. The zero-order valence-electron chi connectivity index (χ0n) is 16.2. The number of hydrogen-bond donors (Lipinski definition) is 1. The molecule has 3 aromatic rings. The molecule has 0 saturated heterocycles. The monoisotopic (exact) mass is 403 g/mol. The standard InChI is InChI=1S/C21H17N5O4/c1-25(2)13-6-7-15-19(9-13)29-21(23)16(11-22)20(15)17-10-18(30-24-17)12-4-3-5-14(8-12)26(27)28/h3-10,20H,23H2,1-2H3. The van der Waals surface area contributed by atoms with Gasteiger partial charge in [0.15, 0.2) is 5.76 Å². The molecule has 1 aliphatic rings. The van der Waals surface area contributed by atoms with Crippen molar-refractivity contribution in [1.82, 2.24) is 5.16 Å². The van der Waals surface area contributed by atoms with Crippen LogP contribution >= 0.6 is 0 Å². The van der Waals surface area contributed by atoms with Gasteiger partial charge >= 0.3 is 0 Å². The second-order valence-corrected chi connectivity index (χ2v) is 6.96. The first-order valence-corrected chi connectivity index (χ1v) is 8.99. The number of allylic oxidation sites excluding steroid dienone is 1. The molecule has 0 radical (unpaired) electrons. The van der Waals surface area contributed by atoms with Gasteiger partial charge in [-0.1, -0.05) is 23.4 Å². The minimum Gasteiger partial charge on any atom is -0.440 e. The largest absolute Gasteiger partial charge is 0.440 e. The Morgan fingerprint density at radius 3 is 2.73 bits per heavy atom. The predicted octanol–water partition coefficient (Wildman–Crippen LogP) is 3.53. The number of fused-ring (bicyclic) bond motifs is 1. The van der Waals surface area contributed by atoms with Gasteiger partial charge in [-0.25, -0.2) is 0 Å². The number of ether oxygens (including phenoxy) is 1. The van der Waals surface area contributed by atoms with E-state index in [1.54, 1.807) is 18.2 Å². The van der Waals surface area contributed by atoms with E-state index >= 15 is 0 Å². The summed E-state index contributed by atoms with van der Waals surface area (Å²) < 4.78 is 11.1. The third-order valence-electron chi connectivity index (χ3n) is 4.88. The SMILES string of the molecule is CN(C)c1ccc2c(c1)OC(N)=C(C#N)C2c1cc(-c2cccc([N+](=O)[O-])c2)on1. The fourth-order valence-electron chi connectivity index (χ4n) is 3.36. The van der Waals surface area contributed by atoms with Gasteiger partial charge in [0.1, 0.15) is 17.4 Å². The number of aromatic nitrogens is 1. The maximum Gasteiger partial charge on any atom is 0.270 e. The number of nitrogens with zero attached hydrogens (tertiary/aromatic N) is 4. The number of rotatable bonds is 4. The lowest BCUT2D eigenvalue weighted by Crippen LogP contribution is -2.21. The van der Waals surface area contributed by atoms with Gasteiger partial charge in [0.2, 0.25) is 5.88 Å². The number of hydrogen-bond acceptors (Lipinski definition) is 8. The second kappa shape index (κ2) is 7.25. The van der Waals surface area contributed by atoms with Crippen LogP contribution in [0, 0.1) is 21.4 Å². The molecular weight excluding hydrogens is 386 g/mol. The molecule has 0 bridgehead atoms. The Bertz CT molecular complexity index is 1220. The van der Waals surface area contributed by atoms with Crippen LogP contribution in [0.5, 0.6) is 5.75 Å². The summed E-state index contributed by atoms with van der Waals surface area (Å²) in [6.07, 6.45) is 0. The van der Waals surface area contributed by atoms with E-state index in [-0.39, 0.29) is 17.1 Å². The minimum absolute atomic E-state index is 0.00538. The number of anilines is 1. The highest BCUT2D eigenvalue weighted by Crippen LogP contribution is 2.43. The van der Waals surface area contributed by atoms with Gasteiger partial charge in [0, 0.05) is 55.2 Å². The fraction of sp³-hybridized carbons (Fsp3) is 0.143. The van der Waals surface area contributed by atoms with E-state index < -0.39 is 10.8 Å². The Morgan fingerprint density at radius 2 is 2.03 bits per heavy atom. The summed E-state index contributed by atoms with van der Waals surface area (Å²) in [4.78, 5) is 12.5. The number of nitro groups is 1. The maximum atomic E-state index is 11.1. The highest BCUT2D eigenvalue weighted by Gasteiger charge is 2.33. The van der Waals surface area contributed by atoms with Crippen molar-refractivity contribution in [2.24, 2.45) is 5.73 Å². The van der Waals surface area contributed by atoms with E-state index in [0.29, 0.717) is 22.8 Å². The van der Waals surface area contributed by atoms with Crippen LogP contribution in [0.25, 0.3) is 11.3 Å². The van der Waals surface area contributed by atoms with Crippen LogP contribution in [0.3, 0.4) is 0 Å². The van der Waals surface area contributed by atoms with Crippen LogP contribution in [0.2, 0.25) is 0 Å². The molecular formula is C21H17N5O4. The van der Waals surface area contributed by atoms with Crippen LogP contribution in [-0.4, -0.2) is 24.2 Å². The van der Waals surface area contributed by atoms with Crippen molar-refractivity contribution >= 4 is 11.4 Å². The highest BCUT2D eigenvalue weighted by molar-refractivity contribution is 5.64. The van der Waals surface area contributed by atoms with E-state index in [4.69, 9.17) is 15.0 Å². The van der Waals surface area contributed by atoms with Crippen molar-refractivity contribution in [2.75, 3.05) is 19.0 Å². The summed E-state index contributed by atoms with van der Waals surface area (Å²) >= 11 is 0. The first-order chi connectivity index (χ1) is 14.4. The quantitative estimate of drug-likeness (QED) is 0.517. The van der Waals surface area contributed by atoms with Crippen LogP contribution in [0.4, 0.5) is 11.4 Å². The van der Waals surface area contributed by atoms with Crippen LogP contribution in [0.15, 0.2) is 64.5 Å². The zero-order valence-corrected chi connectivity index (χ0v) is 16.2. The van der Waals surface area contributed by atoms with Gasteiger partial charge in [-0.15, -0.1) is 0 Å². The Morgan fingerprint density at radius 1 is 1.23 bits per heavy atom. The number of nitriles is 1. The van der Waals surface area contributed by atoms with Crippen molar-refractivity contribution in [3.05, 3.63) is 81.4 Å². The van der Waals surface area contributed by atoms with E-state index in [2.05, 4.69) is 11.2 Å². The number of non-ortho nitro benzene ring substituents is 1. The molecule has 1 atom stereocenters. The highest BCUT2D eigenvalue weighted by atomic mass is 16.6. The molecule has 2 N–H and O–H groups in total. The smallest absolute Gasteiger partial charge is 0.270 e. The van der Waals surface area contributed by atoms with Crippen LogP contribution in [0.1, 0.15) is 17.2 Å². The maximum absolute atomic E-state index is 11.1. The minimum atomic E-state index is -0.578. The van der Waals surface area contributed by atoms with Crippen molar-refractivity contribution in [2.45, 2.75) is 5.92 Å². The molecule has 1 unspecified atom stereocenters. The summed E-state index contributed by atoms with van der Waals surface area (Å²) in [6.45, 7) is 0. The van der Waals surface area contributed by atoms with Crippen molar-refractivity contribution < 1.29 is 14.2 Å². The third-order valence-corrected chi connectivity index (χ3v) is 4.88. The van der Waals surface area contributed by atoms with Crippen LogP contribution in [-0.2, 0) is 0 Å². The summed E-state index contributed by atoms with van der Waals surface area (Å²) in [5.41, 5.74) is 8.79. The Labute approximate surface area is 171 Å². The van der Waals surface area contributed by atoms with E-state index in [1.165, 1.54) is 12.1 Å². The molecule has 150 valence electrons. The molecule has 1 aliphatic heterocycles. The molecule has 1 aromatic heterocycles. The molecule has 0 saturated carbocycles. The van der Waals surface area contributed by atoms with Crippen molar-refractivity contribution in [3.63, 3.8) is 0 Å². The lowest BCUT2D eigenvalue weighted by molar-refractivity contribution is -0.384. The lowest BCUT2D eigenvalue weighted by Gasteiger charge is -2.26. The summed E-state index contributed by atoms with van der Waals surface area (Å²) in [7, 11) is 3.82. The molecule has 9 heteroatoms. The van der Waals surface area contributed by atoms with Gasteiger partial charge in [-0.2, -0.15) is 5.26 Å². The first-order valence-electron chi connectivity index (χ1n) is 8.99. The average Bonchev–Trinajstić information content (AvgIpc) is 3.22. The molecule has 0 aliphatic carbocycles. The molecule has 0 amide bonds. The molecule has 2 heterocycles. The van der Waals surface area contributed by atoms with Crippen molar-refractivity contribution in [3.8, 4) is 23.1 Å². The molecule has 0 spiro atoms. The van der Waals surface area contributed by atoms with E-state index in [9.17, 15) is 15.4 Å². The number of benzene rings is 2.